The minimum atomic E-state index is -0.984. The quantitative estimate of drug-likeness (QED) is 0.913. The van der Waals surface area contributed by atoms with Gasteiger partial charge in [0.15, 0.2) is 11.6 Å². The van der Waals surface area contributed by atoms with Crippen LogP contribution in [0.1, 0.15) is 12.5 Å². The molecule has 0 saturated carbocycles. The molecule has 0 amide bonds. The average Bonchev–Trinajstić information content (AvgIpc) is 2.37. The number of hydrogen-bond donors (Lipinski definition) is 1. The van der Waals surface area contributed by atoms with E-state index in [9.17, 15) is 8.78 Å². The summed E-state index contributed by atoms with van der Waals surface area (Å²) >= 11 is 0. The van der Waals surface area contributed by atoms with Crippen LogP contribution in [0.2, 0.25) is 0 Å². The third kappa shape index (κ3) is 3.51. The maximum Gasteiger partial charge on any atom is 0.201 e. The molecule has 0 saturated heterocycles. The van der Waals surface area contributed by atoms with Crippen LogP contribution < -0.4 is 10.5 Å². The van der Waals surface area contributed by atoms with Gasteiger partial charge in [0.25, 0.3) is 0 Å². The highest BCUT2D eigenvalue weighted by molar-refractivity contribution is 5.34. The van der Waals surface area contributed by atoms with Crippen LogP contribution in [0.4, 0.5) is 8.78 Å². The summed E-state index contributed by atoms with van der Waals surface area (Å²) in [6, 6.07) is 11.0. The zero-order valence-electron chi connectivity index (χ0n) is 10.6. The second-order valence-corrected chi connectivity index (χ2v) is 4.48. The fourth-order valence-corrected chi connectivity index (χ4v) is 1.76. The van der Waals surface area contributed by atoms with Crippen molar-refractivity contribution in [3.8, 4) is 11.5 Å². The SMILES string of the molecule is CC(N)Cc1ccc(Oc2cccc(F)c2F)cc1. The number of ether oxygens (including phenoxy) is 1. The van der Waals surface area contributed by atoms with Crippen LogP contribution in [-0.4, -0.2) is 6.04 Å². The van der Waals surface area contributed by atoms with Gasteiger partial charge in [-0.2, -0.15) is 4.39 Å². The molecule has 0 spiro atoms. The minimum absolute atomic E-state index is 0.0763. The lowest BCUT2D eigenvalue weighted by Gasteiger charge is -2.09. The second kappa shape index (κ2) is 5.80. The third-order valence-electron chi connectivity index (χ3n) is 2.63. The Morgan fingerprint density at radius 2 is 1.79 bits per heavy atom. The fourth-order valence-electron chi connectivity index (χ4n) is 1.76. The lowest BCUT2D eigenvalue weighted by atomic mass is 10.1. The standard InChI is InChI=1S/C15H15F2NO/c1-10(18)9-11-5-7-12(8-6-11)19-14-4-2-3-13(16)15(14)17/h2-8,10H,9,18H2,1H3. The molecule has 0 aliphatic rings. The molecule has 0 heterocycles. The molecule has 2 rings (SSSR count). The van der Waals surface area contributed by atoms with E-state index in [4.69, 9.17) is 10.5 Å². The molecule has 2 aromatic carbocycles. The Morgan fingerprint density at radius 3 is 2.42 bits per heavy atom. The Balaban J connectivity index is 2.13. The van der Waals surface area contributed by atoms with Crippen LogP contribution in [-0.2, 0) is 6.42 Å². The molecule has 19 heavy (non-hydrogen) atoms. The minimum Gasteiger partial charge on any atom is -0.454 e. The maximum absolute atomic E-state index is 13.4. The molecule has 0 aromatic heterocycles. The van der Waals surface area contributed by atoms with Gasteiger partial charge in [-0.05, 0) is 43.2 Å². The number of nitrogens with two attached hydrogens (primary N) is 1. The number of hydrogen-bond acceptors (Lipinski definition) is 2. The summed E-state index contributed by atoms with van der Waals surface area (Å²) in [7, 11) is 0. The molecule has 0 aliphatic heterocycles. The van der Waals surface area contributed by atoms with E-state index < -0.39 is 11.6 Å². The highest BCUT2D eigenvalue weighted by atomic mass is 19.2. The predicted molar refractivity (Wildman–Crippen MR) is 70.2 cm³/mol. The van der Waals surface area contributed by atoms with Gasteiger partial charge in [0.05, 0.1) is 0 Å². The Labute approximate surface area is 110 Å². The summed E-state index contributed by atoms with van der Waals surface area (Å²) in [5.41, 5.74) is 6.77. The van der Waals surface area contributed by atoms with Gasteiger partial charge in [0, 0.05) is 6.04 Å². The zero-order chi connectivity index (χ0) is 13.8. The molecule has 4 heteroatoms. The van der Waals surface area contributed by atoms with E-state index in [1.54, 1.807) is 12.1 Å². The van der Waals surface area contributed by atoms with Crippen LogP contribution in [0.25, 0.3) is 0 Å². The third-order valence-corrected chi connectivity index (χ3v) is 2.63. The summed E-state index contributed by atoms with van der Waals surface area (Å²) in [6.45, 7) is 1.92. The van der Waals surface area contributed by atoms with Gasteiger partial charge in [0.1, 0.15) is 5.75 Å². The van der Waals surface area contributed by atoms with Crippen LogP contribution in [0.15, 0.2) is 42.5 Å². The van der Waals surface area contributed by atoms with E-state index in [0.717, 1.165) is 18.1 Å². The Bertz CT molecular complexity index is 553. The zero-order valence-corrected chi connectivity index (χ0v) is 10.6. The van der Waals surface area contributed by atoms with Crippen molar-refractivity contribution in [2.75, 3.05) is 0 Å². The van der Waals surface area contributed by atoms with E-state index in [1.165, 1.54) is 12.1 Å². The highest BCUT2D eigenvalue weighted by Gasteiger charge is 2.09. The molecule has 1 atom stereocenters. The average molecular weight is 263 g/mol. The van der Waals surface area contributed by atoms with Crippen molar-refractivity contribution in [3.63, 3.8) is 0 Å². The van der Waals surface area contributed by atoms with Gasteiger partial charge < -0.3 is 10.5 Å². The largest absolute Gasteiger partial charge is 0.454 e. The first-order valence-corrected chi connectivity index (χ1v) is 6.02. The molecule has 100 valence electrons. The predicted octanol–water partition coefficient (Wildman–Crippen LogP) is 3.65. The van der Waals surface area contributed by atoms with Crippen molar-refractivity contribution < 1.29 is 13.5 Å². The van der Waals surface area contributed by atoms with Crippen molar-refractivity contribution >= 4 is 0 Å². The summed E-state index contributed by atoms with van der Waals surface area (Å²) in [5.74, 6) is -1.58. The number of rotatable bonds is 4. The molecule has 1 unspecified atom stereocenters. The van der Waals surface area contributed by atoms with Gasteiger partial charge in [-0.15, -0.1) is 0 Å². The normalized spacial score (nSPS) is 12.2. The molecular formula is C15H15F2NO. The molecule has 0 aliphatic carbocycles. The van der Waals surface area contributed by atoms with E-state index >= 15 is 0 Å². The summed E-state index contributed by atoms with van der Waals surface area (Å²) in [5, 5.41) is 0. The Kier molecular flexibility index (Phi) is 4.12. The molecule has 0 radical (unpaired) electrons. The molecular weight excluding hydrogens is 248 g/mol. The molecule has 2 nitrogen and oxygen atoms in total. The topological polar surface area (TPSA) is 35.2 Å². The Morgan fingerprint density at radius 1 is 1.11 bits per heavy atom. The molecule has 0 bridgehead atoms. The van der Waals surface area contributed by atoms with E-state index in [-0.39, 0.29) is 11.8 Å². The lowest BCUT2D eigenvalue weighted by Crippen LogP contribution is -2.17. The van der Waals surface area contributed by atoms with E-state index in [0.29, 0.717) is 5.75 Å². The van der Waals surface area contributed by atoms with Gasteiger partial charge in [0.2, 0.25) is 5.82 Å². The highest BCUT2D eigenvalue weighted by Crippen LogP contribution is 2.26. The van der Waals surface area contributed by atoms with E-state index in [1.807, 2.05) is 19.1 Å². The lowest BCUT2D eigenvalue weighted by molar-refractivity contribution is 0.416. The first kappa shape index (κ1) is 13.5. The number of halogens is 2. The smallest absolute Gasteiger partial charge is 0.201 e. The fraction of sp³-hybridized carbons (Fsp3) is 0.200. The van der Waals surface area contributed by atoms with Crippen molar-refractivity contribution in [3.05, 3.63) is 59.7 Å². The van der Waals surface area contributed by atoms with Crippen molar-refractivity contribution in [1.29, 1.82) is 0 Å². The van der Waals surface area contributed by atoms with Gasteiger partial charge >= 0.3 is 0 Å². The molecule has 0 fully saturated rings. The Hall–Kier alpha value is -1.94. The summed E-state index contributed by atoms with van der Waals surface area (Å²) in [4.78, 5) is 0. The van der Waals surface area contributed by atoms with Crippen LogP contribution in [0.5, 0.6) is 11.5 Å². The van der Waals surface area contributed by atoms with Crippen LogP contribution in [0, 0.1) is 11.6 Å². The first-order valence-electron chi connectivity index (χ1n) is 6.02. The van der Waals surface area contributed by atoms with Crippen molar-refractivity contribution in [2.24, 2.45) is 5.73 Å². The molecule has 2 N–H and O–H groups in total. The van der Waals surface area contributed by atoms with Gasteiger partial charge in [-0.25, -0.2) is 4.39 Å². The van der Waals surface area contributed by atoms with Crippen molar-refractivity contribution in [1.82, 2.24) is 0 Å². The van der Waals surface area contributed by atoms with Gasteiger partial charge in [-0.3, -0.25) is 0 Å². The summed E-state index contributed by atoms with van der Waals surface area (Å²) < 4.78 is 31.7. The monoisotopic (exact) mass is 263 g/mol. The molecule has 2 aromatic rings. The van der Waals surface area contributed by atoms with Crippen molar-refractivity contribution in [2.45, 2.75) is 19.4 Å². The van der Waals surface area contributed by atoms with Gasteiger partial charge in [-0.1, -0.05) is 18.2 Å². The maximum atomic E-state index is 13.4. The van der Waals surface area contributed by atoms with Crippen LogP contribution >= 0.6 is 0 Å². The number of benzene rings is 2. The van der Waals surface area contributed by atoms with Crippen LogP contribution in [0.3, 0.4) is 0 Å². The second-order valence-electron chi connectivity index (χ2n) is 4.48. The first-order chi connectivity index (χ1) is 9.06. The van der Waals surface area contributed by atoms with E-state index in [2.05, 4.69) is 0 Å². The summed E-state index contributed by atoms with van der Waals surface area (Å²) in [6.07, 6.45) is 0.759.